The maximum atomic E-state index is 5.13. The molecule has 2 saturated carbocycles. The van der Waals surface area contributed by atoms with Crippen LogP contribution in [-0.4, -0.2) is 16.9 Å². The SMILES string of the molecule is CC1(C)[C@@H]2CC[C@@]1(C)C1=NNC(=S)N[C@H]12. The Morgan fingerprint density at radius 2 is 2.13 bits per heavy atom. The summed E-state index contributed by atoms with van der Waals surface area (Å²) in [6, 6.07) is 0.382. The Kier molecular flexibility index (Phi) is 1.62. The average Bonchev–Trinajstić information content (AvgIpc) is 2.47. The molecule has 1 aliphatic heterocycles. The minimum absolute atomic E-state index is 0.248. The van der Waals surface area contributed by atoms with E-state index < -0.39 is 0 Å². The Balaban J connectivity index is 2.12. The van der Waals surface area contributed by atoms with Gasteiger partial charge in [0.15, 0.2) is 5.11 Å². The van der Waals surface area contributed by atoms with Gasteiger partial charge in [0.05, 0.1) is 11.8 Å². The van der Waals surface area contributed by atoms with Gasteiger partial charge in [0, 0.05) is 5.41 Å². The largest absolute Gasteiger partial charge is 0.353 e. The first-order valence-electron chi connectivity index (χ1n) is 5.61. The van der Waals surface area contributed by atoms with Crippen LogP contribution in [0.4, 0.5) is 0 Å². The molecule has 0 aromatic heterocycles. The number of rotatable bonds is 0. The predicted molar refractivity (Wildman–Crippen MR) is 64.7 cm³/mol. The van der Waals surface area contributed by atoms with E-state index in [0.717, 1.165) is 0 Å². The van der Waals surface area contributed by atoms with Crippen molar-refractivity contribution in [2.45, 2.75) is 39.7 Å². The zero-order chi connectivity index (χ0) is 10.8. The summed E-state index contributed by atoms with van der Waals surface area (Å²) in [5.41, 5.74) is 4.79. The highest BCUT2D eigenvalue weighted by Gasteiger charge is 2.65. The Hall–Kier alpha value is -0.640. The highest BCUT2D eigenvalue weighted by atomic mass is 32.1. The first kappa shape index (κ1) is 9.58. The molecule has 82 valence electrons. The van der Waals surface area contributed by atoms with Gasteiger partial charge in [0.2, 0.25) is 0 Å². The summed E-state index contributed by atoms with van der Waals surface area (Å²) in [6.07, 6.45) is 2.55. The van der Waals surface area contributed by atoms with E-state index in [1.807, 2.05) is 0 Å². The summed E-state index contributed by atoms with van der Waals surface area (Å²) in [6.45, 7) is 7.09. The Morgan fingerprint density at radius 3 is 2.87 bits per heavy atom. The van der Waals surface area contributed by atoms with Crippen molar-refractivity contribution in [1.82, 2.24) is 10.7 Å². The number of fused-ring (bicyclic) bond motifs is 5. The van der Waals surface area contributed by atoms with Gasteiger partial charge in [-0.3, -0.25) is 5.43 Å². The summed E-state index contributed by atoms with van der Waals surface area (Å²) in [7, 11) is 0. The minimum atomic E-state index is 0.248. The molecule has 2 N–H and O–H groups in total. The first-order valence-corrected chi connectivity index (χ1v) is 6.02. The van der Waals surface area contributed by atoms with E-state index in [1.165, 1.54) is 18.6 Å². The fourth-order valence-corrected chi connectivity index (χ4v) is 3.93. The maximum absolute atomic E-state index is 5.13. The predicted octanol–water partition coefficient (Wildman–Crippen LogP) is 1.64. The van der Waals surface area contributed by atoms with Gasteiger partial charge in [-0.1, -0.05) is 20.8 Å². The Morgan fingerprint density at radius 1 is 1.40 bits per heavy atom. The van der Waals surface area contributed by atoms with Gasteiger partial charge in [0.1, 0.15) is 0 Å². The fourth-order valence-electron chi connectivity index (χ4n) is 3.76. The van der Waals surface area contributed by atoms with E-state index in [0.29, 0.717) is 22.5 Å². The van der Waals surface area contributed by atoms with Crippen LogP contribution in [0.5, 0.6) is 0 Å². The van der Waals surface area contributed by atoms with Crippen molar-refractivity contribution in [3.63, 3.8) is 0 Å². The van der Waals surface area contributed by atoms with Crippen molar-refractivity contribution >= 4 is 23.0 Å². The molecule has 0 aromatic rings. The summed E-state index contributed by atoms with van der Waals surface area (Å²) >= 11 is 5.13. The van der Waals surface area contributed by atoms with Crippen LogP contribution in [0, 0.1) is 16.7 Å². The molecule has 15 heavy (non-hydrogen) atoms. The van der Waals surface area contributed by atoms with Crippen LogP contribution in [-0.2, 0) is 0 Å². The maximum Gasteiger partial charge on any atom is 0.187 e. The molecule has 3 aliphatic rings. The minimum Gasteiger partial charge on any atom is -0.353 e. The van der Waals surface area contributed by atoms with Crippen LogP contribution >= 0.6 is 12.2 Å². The van der Waals surface area contributed by atoms with Gasteiger partial charge in [-0.25, -0.2) is 0 Å². The monoisotopic (exact) mass is 223 g/mol. The molecule has 0 amide bonds. The van der Waals surface area contributed by atoms with E-state index in [2.05, 4.69) is 36.6 Å². The lowest BCUT2D eigenvalue weighted by Gasteiger charge is -2.35. The molecule has 4 heteroatoms. The summed E-state index contributed by atoms with van der Waals surface area (Å²) in [5.74, 6) is 0.682. The molecule has 0 aromatic carbocycles. The highest BCUT2D eigenvalue weighted by Crippen LogP contribution is 2.64. The third-order valence-corrected chi connectivity index (χ3v) is 5.34. The molecular weight excluding hydrogens is 206 g/mol. The number of thiocarbonyl (C=S) groups is 1. The highest BCUT2D eigenvalue weighted by molar-refractivity contribution is 7.80. The third kappa shape index (κ3) is 0.917. The first-order chi connectivity index (χ1) is 6.97. The van der Waals surface area contributed by atoms with Crippen molar-refractivity contribution in [1.29, 1.82) is 0 Å². The Labute approximate surface area is 95.7 Å². The van der Waals surface area contributed by atoms with Gasteiger partial charge in [-0.05, 0) is 36.4 Å². The number of hydrogen-bond acceptors (Lipinski definition) is 2. The molecule has 0 saturated heterocycles. The van der Waals surface area contributed by atoms with Gasteiger partial charge in [-0.15, -0.1) is 0 Å². The number of hydrogen-bond donors (Lipinski definition) is 2. The van der Waals surface area contributed by atoms with Crippen molar-refractivity contribution < 1.29 is 0 Å². The van der Waals surface area contributed by atoms with Gasteiger partial charge in [0.25, 0.3) is 0 Å². The molecule has 0 unspecified atom stereocenters. The van der Waals surface area contributed by atoms with Crippen LogP contribution in [0.15, 0.2) is 5.10 Å². The van der Waals surface area contributed by atoms with Gasteiger partial charge < -0.3 is 5.32 Å². The zero-order valence-corrected chi connectivity index (χ0v) is 10.2. The van der Waals surface area contributed by atoms with Crippen LogP contribution in [0.2, 0.25) is 0 Å². The second kappa shape index (κ2) is 2.54. The number of nitrogens with one attached hydrogen (secondary N) is 2. The van der Waals surface area contributed by atoms with E-state index in [1.54, 1.807) is 0 Å². The molecular formula is C11H17N3S. The van der Waals surface area contributed by atoms with E-state index in [-0.39, 0.29) is 5.41 Å². The summed E-state index contributed by atoms with van der Waals surface area (Å²) < 4.78 is 0. The van der Waals surface area contributed by atoms with Crippen molar-refractivity contribution in [3.8, 4) is 0 Å². The molecule has 3 nitrogen and oxygen atoms in total. The van der Waals surface area contributed by atoms with Gasteiger partial charge in [-0.2, -0.15) is 5.10 Å². The van der Waals surface area contributed by atoms with Crippen molar-refractivity contribution in [2.24, 2.45) is 21.8 Å². The van der Waals surface area contributed by atoms with Gasteiger partial charge >= 0.3 is 0 Å². The lowest BCUT2D eigenvalue weighted by atomic mass is 9.70. The third-order valence-electron chi connectivity index (χ3n) is 5.13. The Bertz CT molecular complexity index is 374. The standard InChI is InChI=1S/C11H17N3S/c1-10(2)6-4-5-11(10,3)8-7(6)12-9(15)14-13-8/h6-7H,4-5H2,1-3H3,(H2,12,14,15)/t6-,7+,11+/m1/s1. The van der Waals surface area contributed by atoms with Crippen LogP contribution < -0.4 is 10.7 Å². The summed E-state index contributed by atoms with van der Waals surface area (Å²) in [5, 5.41) is 8.54. The molecule has 2 aliphatic carbocycles. The molecule has 3 rings (SSSR count). The van der Waals surface area contributed by atoms with Crippen molar-refractivity contribution in [2.75, 3.05) is 0 Å². The van der Waals surface area contributed by atoms with Crippen molar-refractivity contribution in [3.05, 3.63) is 0 Å². The van der Waals surface area contributed by atoms with Crippen LogP contribution in [0.3, 0.4) is 0 Å². The molecule has 3 atom stereocenters. The van der Waals surface area contributed by atoms with E-state index in [4.69, 9.17) is 12.2 Å². The molecule has 1 heterocycles. The molecule has 0 radical (unpaired) electrons. The molecule has 0 spiro atoms. The number of hydrazone groups is 1. The normalized spacial score (nSPS) is 45.5. The fraction of sp³-hybridized carbons (Fsp3) is 0.818. The molecule has 2 bridgehead atoms. The second-order valence-corrected chi connectivity index (χ2v) is 6.17. The zero-order valence-electron chi connectivity index (χ0n) is 9.42. The second-order valence-electron chi connectivity index (χ2n) is 5.76. The molecule has 2 fully saturated rings. The van der Waals surface area contributed by atoms with Crippen LogP contribution in [0.25, 0.3) is 0 Å². The van der Waals surface area contributed by atoms with Crippen LogP contribution in [0.1, 0.15) is 33.6 Å². The number of nitrogens with zero attached hydrogens (tertiary/aromatic N) is 1. The summed E-state index contributed by atoms with van der Waals surface area (Å²) in [4.78, 5) is 0. The quantitative estimate of drug-likeness (QED) is 0.613. The lowest BCUT2D eigenvalue weighted by molar-refractivity contribution is 0.187. The topological polar surface area (TPSA) is 36.4 Å². The smallest absolute Gasteiger partial charge is 0.187 e. The lowest BCUT2D eigenvalue weighted by Crippen LogP contribution is -2.53. The van der Waals surface area contributed by atoms with E-state index >= 15 is 0 Å². The average molecular weight is 223 g/mol. The van der Waals surface area contributed by atoms with E-state index in [9.17, 15) is 0 Å².